The highest BCUT2D eigenvalue weighted by molar-refractivity contribution is 6.42. The number of likely N-dealkylation sites (tertiary alicyclic amines) is 1. The summed E-state index contributed by atoms with van der Waals surface area (Å²) in [6.45, 7) is 11.7. The van der Waals surface area contributed by atoms with Crippen molar-refractivity contribution in [2.75, 3.05) is 57.4 Å². The quantitative estimate of drug-likeness (QED) is 0.595. The SMILES string of the molecule is CC(C)(C)OC(=O)N1CCC(N2Cc3cc(Cl)c(Cl)cc3N(CCN3CCOCC3)C2=O)CC1. The van der Waals surface area contributed by atoms with Crippen molar-refractivity contribution < 1.29 is 19.1 Å². The molecule has 4 rings (SSSR count). The van der Waals surface area contributed by atoms with Gasteiger partial charge in [-0.2, -0.15) is 0 Å². The maximum Gasteiger partial charge on any atom is 0.410 e. The second-order valence-corrected chi connectivity index (χ2v) is 10.9. The van der Waals surface area contributed by atoms with E-state index in [1.54, 1.807) is 11.0 Å². The standard InChI is InChI=1S/C24H34Cl2N4O4/c1-24(2,3)34-23(32)28-6-4-18(5-7-28)30-16-17-14-19(25)20(26)15-21(17)29(22(30)31)9-8-27-10-12-33-13-11-27/h14-15,18H,4-13,16H2,1-3H3. The van der Waals surface area contributed by atoms with Crippen molar-refractivity contribution >= 4 is 41.0 Å². The fourth-order valence-corrected chi connectivity index (χ4v) is 5.06. The lowest BCUT2D eigenvalue weighted by Gasteiger charge is -2.44. The molecule has 0 aromatic heterocycles. The van der Waals surface area contributed by atoms with Gasteiger partial charge in [0, 0.05) is 51.9 Å². The molecule has 0 N–H and O–H groups in total. The number of hydrogen-bond acceptors (Lipinski definition) is 5. The minimum atomic E-state index is -0.526. The predicted molar refractivity (Wildman–Crippen MR) is 133 cm³/mol. The van der Waals surface area contributed by atoms with Crippen LogP contribution in [0.4, 0.5) is 15.3 Å². The van der Waals surface area contributed by atoms with Crippen LogP contribution in [0.15, 0.2) is 12.1 Å². The predicted octanol–water partition coefficient (Wildman–Crippen LogP) is 4.47. The number of urea groups is 1. The van der Waals surface area contributed by atoms with Crippen LogP contribution in [-0.2, 0) is 16.0 Å². The van der Waals surface area contributed by atoms with Crippen LogP contribution >= 0.6 is 23.2 Å². The number of anilines is 1. The summed E-state index contributed by atoms with van der Waals surface area (Å²) >= 11 is 12.7. The molecule has 1 aromatic rings. The number of benzene rings is 1. The number of rotatable bonds is 4. The molecule has 1 aromatic carbocycles. The molecule has 188 valence electrons. The molecule has 8 nitrogen and oxygen atoms in total. The van der Waals surface area contributed by atoms with Gasteiger partial charge in [0.15, 0.2) is 0 Å². The van der Waals surface area contributed by atoms with E-state index >= 15 is 0 Å². The van der Waals surface area contributed by atoms with E-state index in [4.69, 9.17) is 32.7 Å². The molecule has 34 heavy (non-hydrogen) atoms. The average molecular weight is 513 g/mol. The summed E-state index contributed by atoms with van der Waals surface area (Å²) in [6, 6.07) is 3.70. The lowest BCUT2D eigenvalue weighted by molar-refractivity contribution is 0.0161. The number of halogens is 2. The van der Waals surface area contributed by atoms with Crippen molar-refractivity contribution in [3.63, 3.8) is 0 Å². The molecule has 2 saturated heterocycles. The van der Waals surface area contributed by atoms with Crippen LogP contribution in [0.3, 0.4) is 0 Å². The third kappa shape index (κ3) is 5.90. The number of carbonyl (C=O) groups excluding carboxylic acids is 2. The highest BCUT2D eigenvalue weighted by Crippen LogP contribution is 2.37. The van der Waals surface area contributed by atoms with Gasteiger partial charge in [0.25, 0.3) is 0 Å². The molecule has 0 unspecified atom stereocenters. The Morgan fingerprint density at radius 2 is 1.71 bits per heavy atom. The minimum Gasteiger partial charge on any atom is -0.444 e. The van der Waals surface area contributed by atoms with E-state index in [0.717, 1.165) is 30.9 Å². The summed E-state index contributed by atoms with van der Waals surface area (Å²) in [5.74, 6) is 0. The largest absolute Gasteiger partial charge is 0.444 e. The number of morpholine rings is 1. The fraction of sp³-hybridized carbons (Fsp3) is 0.667. The summed E-state index contributed by atoms with van der Waals surface area (Å²) in [5.41, 5.74) is 1.29. The third-order valence-corrected chi connectivity index (χ3v) is 7.25. The molecule has 3 heterocycles. The van der Waals surface area contributed by atoms with Gasteiger partial charge >= 0.3 is 12.1 Å². The van der Waals surface area contributed by atoms with Crippen LogP contribution in [0.25, 0.3) is 0 Å². The molecule has 0 saturated carbocycles. The van der Waals surface area contributed by atoms with Gasteiger partial charge in [-0.05, 0) is 51.3 Å². The Balaban J connectivity index is 1.47. The summed E-state index contributed by atoms with van der Waals surface area (Å²) in [5, 5.41) is 0.936. The molecule has 3 aliphatic rings. The Morgan fingerprint density at radius 3 is 2.35 bits per heavy atom. The number of ether oxygens (including phenoxy) is 2. The van der Waals surface area contributed by atoms with Gasteiger partial charge in [-0.3, -0.25) is 9.80 Å². The van der Waals surface area contributed by atoms with E-state index in [1.165, 1.54) is 0 Å². The first-order valence-corrected chi connectivity index (χ1v) is 12.7. The zero-order valence-electron chi connectivity index (χ0n) is 20.2. The Kier molecular flexibility index (Phi) is 7.82. The Morgan fingerprint density at radius 1 is 1.06 bits per heavy atom. The zero-order chi connectivity index (χ0) is 24.5. The molecule has 3 aliphatic heterocycles. The summed E-state index contributed by atoms with van der Waals surface area (Å²) in [7, 11) is 0. The van der Waals surface area contributed by atoms with Crippen LogP contribution in [0.5, 0.6) is 0 Å². The van der Waals surface area contributed by atoms with Crippen LogP contribution in [0.1, 0.15) is 39.2 Å². The highest BCUT2D eigenvalue weighted by Gasteiger charge is 2.37. The molecule has 0 radical (unpaired) electrons. The van der Waals surface area contributed by atoms with Gasteiger partial charge in [-0.1, -0.05) is 23.2 Å². The molecular formula is C24H34Cl2N4O4. The number of hydrogen-bond donors (Lipinski definition) is 0. The molecule has 3 amide bonds. The Labute approximate surface area is 211 Å². The molecule has 0 spiro atoms. The average Bonchev–Trinajstić information content (AvgIpc) is 2.79. The van der Waals surface area contributed by atoms with Crippen molar-refractivity contribution in [2.24, 2.45) is 0 Å². The van der Waals surface area contributed by atoms with Crippen LogP contribution < -0.4 is 4.90 Å². The summed E-state index contributed by atoms with van der Waals surface area (Å²) < 4.78 is 11.0. The van der Waals surface area contributed by atoms with Crippen molar-refractivity contribution in [1.82, 2.24) is 14.7 Å². The van der Waals surface area contributed by atoms with Crippen molar-refractivity contribution in [1.29, 1.82) is 0 Å². The second-order valence-electron chi connectivity index (χ2n) is 10.1. The molecular weight excluding hydrogens is 479 g/mol. The van der Waals surface area contributed by atoms with E-state index in [1.807, 2.05) is 36.6 Å². The first-order valence-electron chi connectivity index (χ1n) is 12.0. The van der Waals surface area contributed by atoms with Gasteiger partial charge in [-0.25, -0.2) is 9.59 Å². The first kappa shape index (κ1) is 25.4. The van der Waals surface area contributed by atoms with Crippen LogP contribution in [-0.4, -0.2) is 90.9 Å². The molecule has 0 bridgehead atoms. The van der Waals surface area contributed by atoms with Crippen molar-refractivity contribution in [3.8, 4) is 0 Å². The van der Waals surface area contributed by atoms with Gasteiger partial charge in [0.2, 0.25) is 0 Å². The molecule has 2 fully saturated rings. The van der Waals surface area contributed by atoms with Gasteiger partial charge in [-0.15, -0.1) is 0 Å². The summed E-state index contributed by atoms with van der Waals surface area (Å²) in [6.07, 6.45) is 1.12. The highest BCUT2D eigenvalue weighted by atomic mass is 35.5. The lowest BCUT2D eigenvalue weighted by atomic mass is 10.0. The normalized spacial score (nSPS) is 20.5. The number of piperidine rings is 1. The smallest absolute Gasteiger partial charge is 0.410 e. The van der Waals surface area contributed by atoms with E-state index in [-0.39, 0.29) is 18.2 Å². The maximum absolute atomic E-state index is 13.7. The molecule has 0 aliphatic carbocycles. The second kappa shape index (κ2) is 10.5. The number of carbonyl (C=O) groups is 2. The van der Waals surface area contributed by atoms with Gasteiger partial charge < -0.3 is 19.3 Å². The van der Waals surface area contributed by atoms with Crippen LogP contribution in [0, 0.1) is 0 Å². The lowest BCUT2D eigenvalue weighted by Crippen LogP contribution is -2.56. The van der Waals surface area contributed by atoms with E-state index in [2.05, 4.69) is 4.90 Å². The van der Waals surface area contributed by atoms with Crippen molar-refractivity contribution in [2.45, 2.75) is 51.8 Å². The molecule has 0 atom stereocenters. The minimum absolute atomic E-state index is 0.0186. The van der Waals surface area contributed by atoms with Gasteiger partial charge in [0.1, 0.15) is 5.60 Å². The monoisotopic (exact) mass is 512 g/mol. The van der Waals surface area contributed by atoms with E-state index < -0.39 is 5.60 Å². The van der Waals surface area contributed by atoms with Gasteiger partial charge in [0.05, 0.1) is 28.9 Å². The fourth-order valence-electron chi connectivity index (χ4n) is 4.72. The zero-order valence-corrected chi connectivity index (χ0v) is 21.7. The molecule has 10 heteroatoms. The summed E-state index contributed by atoms with van der Waals surface area (Å²) in [4.78, 5) is 33.9. The van der Waals surface area contributed by atoms with Crippen LogP contribution in [0.2, 0.25) is 10.0 Å². The first-order chi connectivity index (χ1) is 16.1. The third-order valence-electron chi connectivity index (χ3n) is 6.53. The number of fused-ring (bicyclic) bond motifs is 1. The Bertz CT molecular complexity index is 909. The number of nitrogens with zero attached hydrogens (tertiary/aromatic N) is 4. The number of amides is 3. The van der Waals surface area contributed by atoms with Crippen molar-refractivity contribution in [3.05, 3.63) is 27.7 Å². The maximum atomic E-state index is 13.7. The van der Waals surface area contributed by atoms with E-state index in [0.29, 0.717) is 62.3 Å². The Hall–Kier alpha value is -1.74. The topological polar surface area (TPSA) is 65.6 Å². The van der Waals surface area contributed by atoms with E-state index in [9.17, 15) is 9.59 Å².